The average Bonchev–Trinajstić information content (AvgIpc) is 1.82. The van der Waals surface area contributed by atoms with Gasteiger partial charge in [-0.25, -0.2) is 0 Å². The van der Waals surface area contributed by atoms with Crippen molar-refractivity contribution in [3.8, 4) is 0 Å². The zero-order chi connectivity index (χ0) is 9.19. The van der Waals surface area contributed by atoms with Crippen molar-refractivity contribution < 1.29 is 0 Å². The summed E-state index contributed by atoms with van der Waals surface area (Å²) in [5.74, 6) is 0.698. The van der Waals surface area contributed by atoms with Crippen LogP contribution in [0.2, 0.25) is 0 Å². The van der Waals surface area contributed by atoms with Crippen LogP contribution in [0.4, 0.5) is 0 Å². The number of nitrogens with zero attached hydrogens (tertiary/aromatic N) is 3. The molecule has 0 aliphatic heterocycles. The summed E-state index contributed by atoms with van der Waals surface area (Å²) in [5, 5.41) is 3.81. The molecule has 0 bridgehead atoms. The first-order chi connectivity index (χ1) is 5.53. The minimum Gasteiger partial charge on any atom is -0.0906 e. The third-order valence-electron chi connectivity index (χ3n) is 2.58. The van der Waals surface area contributed by atoms with E-state index in [1.807, 2.05) is 0 Å². The molecule has 12 heavy (non-hydrogen) atoms. The monoisotopic (exact) mass is 167 g/mol. The standard InChI is InChI=1S/C9H17N3/c1-7-4-8(11-12-10)6-9(2,3)5-7/h7-8H,4-6H2,1-3H3/t7-,8+/m1/s1. The third-order valence-corrected chi connectivity index (χ3v) is 2.58. The van der Waals surface area contributed by atoms with Crippen LogP contribution in [0.25, 0.3) is 10.4 Å². The van der Waals surface area contributed by atoms with E-state index in [2.05, 4.69) is 30.8 Å². The number of hydrogen-bond donors (Lipinski definition) is 0. The van der Waals surface area contributed by atoms with Crippen LogP contribution in [0.1, 0.15) is 40.0 Å². The molecular weight excluding hydrogens is 150 g/mol. The van der Waals surface area contributed by atoms with Gasteiger partial charge in [0.25, 0.3) is 0 Å². The van der Waals surface area contributed by atoms with Crippen molar-refractivity contribution in [2.45, 2.75) is 46.1 Å². The average molecular weight is 167 g/mol. The van der Waals surface area contributed by atoms with Gasteiger partial charge >= 0.3 is 0 Å². The van der Waals surface area contributed by atoms with Crippen LogP contribution in [0.5, 0.6) is 0 Å². The Balaban J connectivity index is 2.63. The van der Waals surface area contributed by atoms with Gasteiger partial charge in [0.2, 0.25) is 0 Å². The molecule has 0 spiro atoms. The van der Waals surface area contributed by atoms with E-state index < -0.39 is 0 Å². The summed E-state index contributed by atoms with van der Waals surface area (Å²) in [5.41, 5.74) is 8.69. The lowest BCUT2D eigenvalue weighted by Gasteiger charge is -2.37. The summed E-state index contributed by atoms with van der Waals surface area (Å²) >= 11 is 0. The lowest BCUT2D eigenvalue weighted by molar-refractivity contribution is 0.170. The summed E-state index contributed by atoms with van der Waals surface area (Å²) in [6.45, 7) is 6.74. The lowest BCUT2D eigenvalue weighted by Crippen LogP contribution is -2.29. The first-order valence-electron chi connectivity index (χ1n) is 4.58. The Morgan fingerprint density at radius 2 is 2.08 bits per heavy atom. The number of azide groups is 1. The molecule has 0 aromatic carbocycles. The fourth-order valence-corrected chi connectivity index (χ4v) is 2.46. The minimum absolute atomic E-state index is 0.230. The number of hydrogen-bond acceptors (Lipinski definition) is 1. The Kier molecular flexibility index (Phi) is 2.63. The second kappa shape index (κ2) is 3.36. The van der Waals surface area contributed by atoms with Gasteiger partial charge in [0.1, 0.15) is 0 Å². The van der Waals surface area contributed by atoms with E-state index in [4.69, 9.17) is 5.53 Å². The molecule has 1 rings (SSSR count). The van der Waals surface area contributed by atoms with E-state index in [0.717, 1.165) is 12.8 Å². The van der Waals surface area contributed by atoms with Gasteiger partial charge in [0.15, 0.2) is 0 Å². The van der Waals surface area contributed by atoms with Crippen LogP contribution < -0.4 is 0 Å². The largest absolute Gasteiger partial charge is 0.0906 e. The van der Waals surface area contributed by atoms with Crippen molar-refractivity contribution in [1.29, 1.82) is 0 Å². The van der Waals surface area contributed by atoms with E-state index in [-0.39, 0.29) is 6.04 Å². The quantitative estimate of drug-likeness (QED) is 0.326. The lowest BCUT2D eigenvalue weighted by atomic mass is 9.71. The zero-order valence-corrected chi connectivity index (χ0v) is 8.12. The molecule has 0 aromatic rings. The Bertz CT molecular complexity index is 204. The Labute approximate surface area is 73.8 Å². The van der Waals surface area contributed by atoms with Gasteiger partial charge in [-0.3, -0.25) is 0 Å². The molecule has 2 atom stereocenters. The predicted octanol–water partition coefficient (Wildman–Crippen LogP) is 3.51. The molecule has 68 valence electrons. The second-order valence-corrected chi connectivity index (χ2v) is 4.77. The summed E-state index contributed by atoms with van der Waals surface area (Å²) in [7, 11) is 0. The smallest absolute Gasteiger partial charge is 0.0381 e. The van der Waals surface area contributed by atoms with Gasteiger partial charge in [0, 0.05) is 11.0 Å². The van der Waals surface area contributed by atoms with Crippen molar-refractivity contribution in [3.63, 3.8) is 0 Å². The normalized spacial score (nSPS) is 33.9. The van der Waals surface area contributed by atoms with Crippen LogP contribution in [0, 0.1) is 11.3 Å². The molecule has 0 heterocycles. The molecule has 0 unspecified atom stereocenters. The first kappa shape index (κ1) is 9.40. The third kappa shape index (κ3) is 2.42. The van der Waals surface area contributed by atoms with E-state index in [1.54, 1.807) is 0 Å². The summed E-state index contributed by atoms with van der Waals surface area (Å²) in [6.07, 6.45) is 3.36. The molecule has 1 saturated carbocycles. The van der Waals surface area contributed by atoms with Gasteiger partial charge in [-0.1, -0.05) is 25.9 Å². The molecule has 0 N–H and O–H groups in total. The fourth-order valence-electron chi connectivity index (χ4n) is 2.46. The predicted molar refractivity (Wildman–Crippen MR) is 49.7 cm³/mol. The Hall–Kier alpha value is -0.690. The highest BCUT2D eigenvalue weighted by Gasteiger charge is 2.31. The van der Waals surface area contributed by atoms with E-state index in [9.17, 15) is 0 Å². The van der Waals surface area contributed by atoms with E-state index >= 15 is 0 Å². The van der Waals surface area contributed by atoms with Crippen molar-refractivity contribution in [2.24, 2.45) is 16.4 Å². The maximum absolute atomic E-state index is 8.33. The van der Waals surface area contributed by atoms with Crippen LogP contribution in [0.15, 0.2) is 5.11 Å². The van der Waals surface area contributed by atoms with Crippen molar-refractivity contribution >= 4 is 0 Å². The molecule has 0 amide bonds. The van der Waals surface area contributed by atoms with Crippen LogP contribution >= 0.6 is 0 Å². The second-order valence-electron chi connectivity index (χ2n) is 4.77. The van der Waals surface area contributed by atoms with Crippen LogP contribution in [-0.4, -0.2) is 6.04 Å². The molecule has 1 fully saturated rings. The van der Waals surface area contributed by atoms with E-state index in [1.165, 1.54) is 6.42 Å². The molecule has 1 aliphatic rings. The van der Waals surface area contributed by atoms with Gasteiger partial charge in [-0.15, -0.1) is 0 Å². The molecule has 1 aliphatic carbocycles. The zero-order valence-electron chi connectivity index (χ0n) is 8.12. The number of rotatable bonds is 1. The highest BCUT2D eigenvalue weighted by atomic mass is 15.1. The molecular formula is C9H17N3. The molecule has 3 nitrogen and oxygen atoms in total. The van der Waals surface area contributed by atoms with Gasteiger partial charge in [-0.05, 0) is 36.1 Å². The van der Waals surface area contributed by atoms with Crippen LogP contribution in [0.3, 0.4) is 0 Å². The van der Waals surface area contributed by atoms with Crippen molar-refractivity contribution in [3.05, 3.63) is 10.4 Å². The topological polar surface area (TPSA) is 48.8 Å². The molecule has 3 heteroatoms. The van der Waals surface area contributed by atoms with Gasteiger partial charge in [0.05, 0.1) is 0 Å². The van der Waals surface area contributed by atoms with E-state index in [0.29, 0.717) is 11.3 Å². The fraction of sp³-hybridized carbons (Fsp3) is 1.00. The highest BCUT2D eigenvalue weighted by Crippen LogP contribution is 2.39. The Morgan fingerprint density at radius 3 is 2.58 bits per heavy atom. The van der Waals surface area contributed by atoms with Gasteiger partial charge in [-0.2, -0.15) is 0 Å². The molecule has 0 aromatic heterocycles. The molecule has 0 saturated heterocycles. The van der Waals surface area contributed by atoms with Crippen LogP contribution in [-0.2, 0) is 0 Å². The van der Waals surface area contributed by atoms with Crippen molar-refractivity contribution in [2.75, 3.05) is 0 Å². The minimum atomic E-state index is 0.230. The Morgan fingerprint density at radius 1 is 1.42 bits per heavy atom. The SMILES string of the molecule is C[C@@H]1C[C@H](N=[N+]=[N-])CC(C)(C)C1. The summed E-state index contributed by atoms with van der Waals surface area (Å²) in [4.78, 5) is 2.88. The summed E-state index contributed by atoms with van der Waals surface area (Å²) in [6, 6.07) is 0.230. The van der Waals surface area contributed by atoms with Crippen molar-refractivity contribution in [1.82, 2.24) is 0 Å². The molecule has 0 radical (unpaired) electrons. The summed E-state index contributed by atoms with van der Waals surface area (Å²) < 4.78 is 0. The maximum atomic E-state index is 8.33. The maximum Gasteiger partial charge on any atom is 0.0381 e. The van der Waals surface area contributed by atoms with Gasteiger partial charge < -0.3 is 0 Å². The first-order valence-corrected chi connectivity index (χ1v) is 4.58. The highest BCUT2D eigenvalue weighted by molar-refractivity contribution is 4.86.